The Morgan fingerprint density at radius 1 is 1.35 bits per heavy atom. The van der Waals surface area contributed by atoms with Crippen LogP contribution < -0.4 is 4.90 Å². The van der Waals surface area contributed by atoms with Gasteiger partial charge in [-0.2, -0.15) is 5.10 Å². The van der Waals surface area contributed by atoms with Gasteiger partial charge in [0.1, 0.15) is 5.82 Å². The molecule has 5 nitrogen and oxygen atoms in total. The highest BCUT2D eigenvalue weighted by Crippen LogP contribution is 2.33. The number of hydrogen-bond donors (Lipinski definition) is 1. The van der Waals surface area contributed by atoms with Crippen molar-refractivity contribution in [2.75, 3.05) is 11.4 Å². The van der Waals surface area contributed by atoms with E-state index in [2.05, 4.69) is 5.10 Å². The topological polar surface area (TPSA) is 58.4 Å². The number of hydrogen-bond acceptors (Lipinski definition) is 3. The maximum Gasteiger partial charge on any atom is 0.230 e. The zero-order chi connectivity index (χ0) is 11.8. The fourth-order valence-electron chi connectivity index (χ4n) is 2.86. The van der Waals surface area contributed by atoms with Gasteiger partial charge in [0.25, 0.3) is 0 Å². The Bertz CT molecular complexity index is 423. The van der Waals surface area contributed by atoms with E-state index in [1.807, 2.05) is 10.7 Å². The monoisotopic (exact) mass is 235 g/mol. The van der Waals surface area contributed by atoms with Crippen LogP contribution in [0.3, 0.4) is 0 Å². The highest BCUT2D eigenvalue weighted by molar-refractivity contribution is 5.95. The first-order valence-electron chi connectivity index (χ1n) is 6.27. The van der Waals surface area contributed by atoms with Gasteiger partial charge in [0, 0.05) is 6.07 Å². The molecule has 1 saturated carbocycles. The zero-order valence-electron chi connectivity index (χ0n) is 9.75. The van der Waals surface area contributed by atoms with Gasteiger partial charge in [0.2, 0.25) is 5.91 Å². The second-order valence-corrected chi connectivity index (χ2v) is 4.93. The Kier molecular flexibility index (Phi) is 2.63. The molecule has 1 aromatic heterocycles. The van der Waals surface area contributed by atoms with Crippen molar-refractivity contribution in [1.82, 2.24) is 9.78 Å². The fourth-order valence-corrected chi connectivity index (χ4v) is 2.86. The van der Waals surface area contributed by atoms with Crippen molar-refractivity contribution in [3.63, 3.8) is 0 Å². The van der Waals surface area contributed by atoms with E-state index < -0.39 is 6.10 Å². The van der Waals surface area contributed by atoms with E-state index in [9.17, 15) is 9.90 Å². The predicted octanol–water partition coefficient (Wildman–Crippen LogP) is 1.10. The number of anilines is 1. The second-order valence-electron chi connectivity index (χ2n) is 4.93. The molecule has 0 bridgehead atoms. The van der Waals surface area contributed by atoms with Gasteiger partial charge in [0.15, 0.2) is 0 Å². The Hall–Kier alpha value is -1.36. The first kappa shape index (κ1) is 10.8. The van der Waals surface area contributed by atoms with Crippen molar-refractivity contribution < 1.29 is 9.90 Å². The van der Waals surface area contributed by atoms with E-state index >= 15 is 0 Å². The lowest BCUT2D eigenvalue weighted by molar-refractivity contribution is -0.117. The first-order valence-corrected chi connectivity index (χ1v) is 6.27. The smallest absolute Gasteiger partial charge is 0.230 e. The minimum atomic E-state index is -0.533. The van der Waals surface area contributed by atoms with E-state index in [-0.39, 0.29) is 12.3 Å². The molecule has 1 N–H and O–H groups in total. The number of amides is 1. The van der Waals surface area contributed by atoms with Gasteiger partial charge in [-0.25, -0.2) is 4.68 Å². The van der Waals surface area contributed by atoms with Crippen molar-refractivity contribution in [2.24, 2.45) is 0 Å². The Labute approximate surface area is 100 Å². The zero-order valence-corrected chi connectivity index (χ0v) is 9.75. The largest absolute Gasteiger partial charge is 0.391 e. The summed E-state index contributed by atoms with van der Waals surface area (Å²) in [6.45, 7) is 0.400. The maximum atomic E-state index is 11.8. The molecule has 1 amide bonds. The number of aromatic nitrogens is 2. The highest BCUT2D eigenvalue weighted by Gasteiger charge is 2.32. The Morgan fingerprint density at radius 3 is 2.76 bits per heavy atom. The molecule has 1 unspecified atom stereocenters. The molecular formula is C12H17N3O2. The fraction of sp³-hybridized carbons (Fsp3) is 0.667. The van der Waals surface area contributed by atoms with Gasteiger partial charge in [-0.05, 0) is 12.8 Å². The van der Waals surface area contributed by atoms with Crippen molar-refractivity contribution in [3.05, 3.63) is 12.3 Å². The van der Waals surface area contributed by atoms with Gasteiger partial charge in [0.05, 0.1) is 31.3 Å². The Morgan fingerprint density at radius 2 is 2.12 bits per heavy atom. The number of rotatable bonds is 2. The minimum Gasteiger partial charge on any atom is -0.391 e. The first-order chi connectivity index (χ1) is 8.25. The number of aliphatic hydroxyl groups is 1. The SMILES string of the molecule is O=C1CC(O)CN1c1ccnn1C1CCCC1. The van der Waals surface area contributed by atoms with Gasteiger partial charge in [-0.15, -0.1) is 0 Å². The molecule has 0 radical (unpaired) electrons. The summed E-state index contributed by atoms with van der Waals surface area (Å²) < 4.78 is 1.96. The van der Waals surface area contributed by atoms with Crippen LogP contribution in [0.1, 0.15) is 38.1 Å². The van der Waals surface area contributed by atoms with Crippen LogP contribution in [0.4, 0.5) is 5.82 Å². The molecule has 1 aromatic rings. The van der Waals surface area contributed by atoms with Crippen molar-refractivity contribution >= 4 is 11.7 Å². The lowest BCUT2D eigenvalue weighted by Gasteiger charge is -2.20. The third kappa shape index (κ3) is 1.84. The van der Waals surface area contributed by atoms with Crippen LogP contribution in [0.15, 0.2) is 12.3 Å². The molecule has 0 spiro atoms. The molecule has 0 aromatic carbocycles. The molecule has 5 heteroatoms. The molecular weight excluding hydrogens is 218 g/mol. The van der Waals surface area contributed by atoms with Crippen molar-refractivity contribution in [3.8, 4) is 0 Å². The van der Waals surface area contributed by atoms with Crippen LogP contribution in [0.2, 0.25) is 0 Å². The molecule has 2 aliphatic rings. The van der Waals surface area contributed by atoms with Crippen molar-refractivity contribution in [1.29, 1.82) is 0 Å². The van der Waals surface area contributed by atoms with Crippen molar-refractivity contribution in [2.45, 2.75) is 44.2 Å². The summed E-state index contributed by atoms with van der Waals surface area (Å²) in [6.07, 6.45) is 6.19. The van der Waals surface area contributed by atoms with Gasteiger partial charge in [-0.3, -0.25) is 9.69 Å². The standard InChI is InChI=1S/C12H17N3O2/c16-10-7-12(17)14(8-10)11-5-6-13-15(11)9-3-1-2-4-9/h5-6,9-10,16H,1-4,7-8H2. The predicted molar refractivity (Wildman–Crippen MR) is 62.7 cm³/mol. The molecule has 2 fully saturated rings. The number of carbonyl (C=O) groups excluding carboxylic acids is 1. The summed E-state index contributed by atoms with van der Waals surface area (Å²) in [5.74, 6) is 0.843. The van der Waals surface area contributed by atoms with Crippen LogP contribution in [-0.2, 0) is 4.79 Å². The molecule has 17 heavy (non-hydrogen) atoms. The lowest BCUT2D eigenvalue weighted by atomic mass is 10.2. The summed E-state index contributed by atoms with van der Waals surface area (Å²) in [7, 11) is 0. The van der Waals surface area contributed by atoms with Crippen LogP contribution >= 0.6 is 0 Å². The van der Waals surface area contributed by atoms with Crippen LogP contribution in [0, 0.1) is 0 Å². The van der Waals surface area contributed by atoms with Gasteiger partial charge < -0.3 is 5.11 Å². The van der Waals surface area contributed by atoms with Crippen LogP contribution in [0.25, 0.3) is 0 Å². The summed E-state index contributed by atoms with van der Waals surface area (Å²) in [6, 6.07) is 2.29. The van der Waals surface area contributed by atoms with E-state index in [4.69, 9.17) is 0 Å². The number of aliphatic hydroxyl groups excluding tert-OH is 1. The average Bonchev–Trinajstić information content (AvgIpc) is 2.97. The van der Waals surface area contributed by atoms with E-state index in [1.165, 1.54) is 12.8 Å². The molecule has 1 aliphatic carbocycles. The van der Waals surface area contributed by atoms with Gasteiger partial charge in [-0.1, -0.05) is 12.8 Å². The molecule has 1 atom stereocenters. The summed E-state index contributed by atoms with van der Waals surface area (Å²) in [5, 5.41) is 13.9. The van der Waals surface area contributed by atoms with E-state index in [1.54, 1.807) is 11.1 Å². The Balaban J connectivity index is 1.88. The normalized spacial score (nSPS) is 26.1. The molecule has 92 valence electrons. The third-order valence-corrected chi connectivity index (χ3v) is 3.70. The molecule has 1 aliphatic heterocycles. The number of nitrogens with zero attached hydrogens (tertiary/aromatic N) is 3. The summed E-state index contributed by atoms with van der Waals surface area (Å²) >= 11 is 0. The molecule has 2 heterocycles. The molecule has 3 rings (SSSR count). The highest BCUT2D eigenvalue weighted by atomic mass is 16.3. The average molecular weight is 235 g/mol. The quantitative estimate of drug-likeness (QED) is 0.835. The lowest BCUT2D eigenvalue weighted by Crippen LogP contribution is -2.28. The third-order valence-electron chi connectivity index (χ3n) is 3.70. The molecule has 1 saturated heterocycles. The van der Waals surface area contributed by atoms with E-state index in [0.29, 0.717) is 12.6 Å². The van der Waals surface area contributed by atoms with E-state index in [0.717, 1.165) is 18.7 Å². The minimum absolute atomic E-state index is 0.00255. The maximum absolute atomic E-state index is 11.8. The number of β-amino-alcohol motifs (C(OH)–C–C–N with tert-alkyl or cyclic N) is 1. The second kappa shape index (κ2) is 4.14. The summed E-state index contributed by atoms with van der Waals surface area (Å²) in [5.41, 5.74) is 0. The van der Waals surface area contributed by atoms with Crippen LogP contribution in [-0.4, -0.2) is 33.4 Å². The summed E-state index contributed by atoms with van der Waals surface area (Å²) in [4.78, 5) is 13.4. The van der Waals surface area contributed by atoms with Crippen LogP contribution in [0.5, 0.6) is 0 Å². The van der Waals surface area contributed by atoms with Gasteiger partial charge >= 0.3 is 0 Å². The number of carbonyl (C=O) groups is 1.